The number of alkyl halides is 2. The molecule has 1 aliphatic rings. The lowest BCUT2D eigenvalue weighted by atomic mass is 9.71. The normalized spacial score (nSPS) is 22.5. The van der Waals surface area contributed by atoms with E-state index in [4.69, 9.17) is 0 Å². The molecule has 0 aliphatic heterocycles. The smallest absolute Gasteiger partial charge is 0.207 e. The third-order valence-corrected chi connectivity index (χ3v) is 2.94. The quantitative estimate of drug-likeness (QED) is 0.529. The van der Waals surface area contributed by atoms with Crippen molar-refractivity contribution in [2.45, 2.75) is 66.2 Å². The summed E-state index contributed by atoms with van der Waals surface area (Å²) >= 11 is 0. The van der Waals surface area contributed by atoms with Crippen molar-refractivity contribution in [3.63, 3.8) is 0 Å². The first-order valence-electron chi connectivity index (χ1n) is 5.69. The molecule has 0 N–H and O–H groups in total. The first-order chi connectivity index (χ1) is 6.31. The highest BCUT2D eigenvalue weighted by atomic mass is 19.3. The van der Waals surface area contributed by atoms with Gasteiger partial charge in [0, 0.05) is 12.8 Å². The molecule has 0 bridgehead atoms. The van der Waals surface area contributed by atoms with E-state index in [9.17, 15) is 8.78 Å². The van der Waals surface area contributed by atoms with Gasteiger partial charge in [0.15, 0.2) is 0 Å². The van der Waals surface area contributed by atoms with Crippen LogP contribution in [0.2, 0.25) is 0 Å². The Labute approximate surface area is 87.1 Å². The average Bonchev–Trinajstić information content (AvgIpc) is 2.05. The standard InChI is InChI=1S/C10H18F2.C2H6/c1-9(2,3)8-4-6-10(11,12)7-5-8;1-2/h8H,4-7H2,1-3H3;1-2H3. The van der Waals surface area contributed by atoms with Gasteiger partial charge in [-0.3, -0.25) is 0 Å². The number of rotatable bonds is 0. The molecule has 0 heterocycles. The molecule has 0 aromatic rings. The molecule has 0 saturated heterocycles. The monoisotopic (exact) mass is 206 g/mol. The summed E-state index contributed by atoms with van der Waals surface area (Å²) in [4.78, 5) is 0. The number of hydrogen-bond donors (Lipinski definition) is 0. The van der Waals surface area contributed by atoms with Crippen molar-refractivity contribution in [1.82, 2.24) is 0 Å². The van der Waals surface area contributed by atoms with Crippen molar-refractivity contribution in [2.75, 3.05) is 0 Å². The number of hydrogen-bond acceptors (Lipinski definition) is 0. The van der Waals surface area contributed by atoms with Gasteiger partial charge < -0.3 is 0 Å². The predicted molar refractivity (Wildman–Crippen MR) is 57.7 cm³/mol. The molecular weight excluding hydrogens is 182 g/mol. The fourth-order valence-electron chi connectivity index (χ4n) is 1.91. The fourth-order valence-corrected chi connectivity index (χ4v) is 1.91. The molecule has 1 rings (SSSR count). The van der Waals surface area contributed by atoms with Crippen LogP contribution < -0.4 is 0 Å². The first kappa shape index (κ1) is 13.9. The van der Waals surface area contributed by atoms with Crippen LogP contribution in [0, 0.1) is 11.3 Å². The molecule has 0 radical (unpaired) electrons. The zero-order valence-electron chi connectivity index (χ0n) is 10.2. The summed E-state index contributed by atoms with van der Waals surface area (Å²) in [6.45, 7) is 10.4. The van der Waals surface area contributed by atoms with Gasteiger partial charge in [-0.1, -0.05) is 34.6 Å². The van der Waals surface area contributed by atoms with Crippen LogP contribution in [0.3, 0.4) is 0 Å². The van der Waals surface area contributed by atoms with Gasteiger partial charge in [0.1, 0.15) is 0 Å². The van der Waals surface area contributed by atoms with Crippen LogP contribution in [0.4, 0.5) is 8.78 Å². The van der Waals surface area contributed by atoms with E-state index in [0.29, 0.717) is 18.8 Å². The molecular formula is C12H24F2. The zero-order valence-corrected chi connectivity index (χ0v) is 10.2. The zero-order chi connectivity index (χ0) is 11.4. The van der Waals surface area contributed by atoms with Gasteiger partial charge in [0.25, 0.3) is 0 Å². The SMILES string of the molecule is CC.CC(C)(C)C1CCC(F)(F)CC1. The maximum Gasteiger partial charge on any atom is 0.248 e. The fraction of sp³-hybridized carbons (Fsp3) is 1.00. The van der Waals surface area contributed by atoms with Crippen LogP contribution in [-0.4, -0.2) is 5.92 Å². The summed E-state index contributed by atoms with van der Waals surface area (Å²) in [5, 5.41) is 0. The van der Waals surface area contributed by atoms with Crippen LogP contribution in [0.15, 0.2) is 0 Å². The van der Waals surface area contributed by atoms with Crippen molar-refractivity contribution >= 4 is 0 Å². The van der Waals surface area contributed by atoms with Crippen molar-refractivity contribution in [1.29, 1.82) is 0 Å². The highest BCUT2D eigenvalue weighted by Crippen LogP contribution is 2.43. The Morgan fingerprint density at radius 1 is 1.00 bits per heavy atom. The Bertz CT molecular complexity index is 146. The summed E-state index contributed by atoms with van der Waals surface area (Å²) in [5.41, 5.74) is 0.205. The van der Waals surface area contributed by atoms with Crippen molar-refractivity contribution in [2.24, 2.45) is 11.3 Å². The van der Waals surface area contributed by atoms with Crippen molar-refractivity contribution < 1.29 is 8.78 Å². The van der Waals surface area contributed by atoms with E-state index >= 15 is 0 Å². The molecule has 0 amide bonds. The lowest BCUT2D eigenvalue weighted by molar-refractivity contribution is -0.0582. The highest BCUT2D eigenvalue weighted by Gasteiger charge is 2.38. The van der Waals surface area contributed by atoms with Gasteiger partial charge in [0.05, 0.1) is 0 Å². The molecule has 1 aliphatic carbocycles. The van der Waals surface area contributed by atoms with Crippen LogP contribution in [0.25, 0.3) is 0 Å². The summed E-state index contributed by atoms with van der Waals surface area (Å²) in [5.74, 6) is -1.89. The molecule has 0 atom stereocenters. The van der Waals surface area contributed by atoms with Crippen molar-refractivity contribution in [3.05, 3.63) is 0 Å². The van der Waals surface area contributed by atoms with Crippen molar-refractivity contribution in [3.8, 4) is 0 Å². The van der Waals surface area contributed by atoms with E-state index in [1.54, 1.807) is 0 Å². The molecule has 0 aromatic carbocycles. The molecule has 0 spiro atoms. The van der Waals surface area contributed by atoms with Gasteiger partial charge in [-0.25, -0.2) is 8.78 Å². The van der Waals surface area contributed by atoms with Gasteiger partial charge in [0.2, 0.25) is 5.92 Å². The van der Waals surface area contributed by atoms with Crippen LogP contribution in [-0.2, 0) is 0 Å². The highest BCUT2D eigenvalue weighted by molar-refractivity contribution is 4.83. The molecule has 0 unspecified atom stereocenters. The van der Waals surface area contributed by atoms with E-state index in [2.05, 4.69) is 20.8 Å². The van der Waals surface area contributed by atoms with Gasteiger partial charge in [-0.05, 0) is 24.2 Å². The minimum absolute atomic E-state index is 0.0922. The number of halogens is 2. The summed E-state index contributed by atoms with van der Waals surface area (Å²) in [6, 6.07) is 0. The lowest BCUT2D eigenvalue weighted by Crippen LogP contribution is -2.31. The topological polar surface area (TPSA) is 0 Å². The first-order valence-corrected chi connectivity index (χ1v) is 5.69. The third-order valence-electron chi connectivity index (χ3n) is 2.94. The second-order valence-electron chi connectivity index (χ2n) is 5.00. The van der Waals surface area contributed by atoms with E-state index in [-0.39, 0.29) is 18.3 Å². The largest absolute Gasteiger partial charge is 0.248 e. The van der Waals surface area contributed by atoms with E-state index < -0.39 is 5.92 Å². The third kappa shape index (κ3) is 4.39. The van der Waals surface area contributed by atoms with E-state index in [1.165, 1.54) is 0 Å². The minimum Gasteiger partial charge on any atom is -0.207 e. The van der Waals surface area contributed by atoms with Gasteiger partial charge in [-0.2, -0.15) is 0 Å². The second kappa shape index (κ2) is 5.09. The lowest BCUT2D eigenvalue weighted by Gasteiger charge is -2.36. The van der Waals surface area contributed by atoms with E-state index in [0.717, 1.165) is 0 Å². The van der Waals surface area contributed by atoms with Crippen LogP contribution >= 0.6 is 0 Å². The molecule has 0 nitrogen and oxygen atoms in total. The Morgan fingerprint density at radius 2 is 1.36 bits per heavy atom. The molecule has 86 valence electrons. The average molecular weight is 206 g/mol. The Balaban J connectivity index is 0.000000791. The maximum absolute atomic E-state index is 12.8. The Hall–Kier alpha value is -0.140. The maximum atomic E-state index is 12.8. The molecule has 2 heteroatoms. The Morgan fingerprint density at radius 3 is 1.64 bits per heavy atom. The van der Waals surface area contributed by atoms with Crippen LogP contribution in [0.5, 0.6) is 0 Å². The van der Waals surface area contributed by atoms with E-state index in [1.807, 2.05) is 13.8 Å². The van der Waals surface area contributed by atoms with Crippen LogP contribution in [0.1, 0.15) is 60.3 Å². The molecule has 0 aromatic heterocycles. The minimum atomic E-state index is -2.37. The Kier molecular flexibility index (Phi) is 5.03. The van der Waals surface area contributed by atoms with Gasteiger partial charge in [-0.15, -0.1) is 0 Å². The summed E-state index contributed by atoms with van der Waals surface area (Å²) < 4.78 is 25.5. The van der Waals surface area contributed by atoms with Gasteiger partial charge >= 0.3 is 0 Å². The summed E-state index contributed by atoms with van der Waals surface area (Å²) in [7, 11) is 0. The summed E-state index contributed by atoms with van der Waals surface area (Å²) in [6.07, 6.45) is 1.57. The molecule has 1 fully saturated rings. The molecule has 14 heavy (non-hydrogen) atoms. The molecule has 1 saturated carbocycles. The predicted octanol–water partition coefficient (Wildman–Crippen LogP) is 4.88. The second-order valence-corrected chi connectivity index (χ2v) is 5.00.